The summed E-state index contributed by atoms with van der Waals surface area (Å²) < 4.78 is 6.93. The molecule has 2 N–H and O–H groups in total. The number of nitriles is 1. The van der Waals surface area contributed by atoms with Crippen LogP contribution in [0.3, 0.4) is 0 Å². The van der Waals surface area contributed by atoms with Crippen LogP contribution in [0.25, 0.3) is 11.4 Å². The standard InChI is InChI=1S/C17H16N6O2S2/c1-3-25-16(24)13-12(11(8-18)14(19)27-13)9-26-17-22-21-15(23(17)2)10-4-6-20-7-5-10/h4-7H,3,9,19H2,1-2H3. The number of pyridine rings is 1. The van der Waals surface area contributed by atoms with Gasteiger partial charge in [-0.1, -0.05) is 11.8 Å². The van der Waals surface area contributed by atoms with Crippen molar-refractivity contribution in [2.75, 3.05) is 12.3 Å². The summed E-state index contributed by atoms with van der Waals surface area (Å²) in [5.74, 6) is 0.588. The lowest BCUT2D eigenvalue weighted by Crippen LogP contribution is -2.05. The number of carbonyl (C=O) groups excluding carboxylic acids is 1. The molecule has 0 unspecified atom stereocenters. The Labute approximate surface area is 164 Å². The highest BCUT2D eigenvalue weighted by molar-refractivity contribution is 7.98. The number of esters is 1. The van der Waals surface area contributed by atoms with Gasteiger partial charge in [0.05, 0.1) is 12.2 Å². The molecule has 0 aliphatic carbocycles. The van der Waals surface area contributed by atoms with E-state index in [1.54, 1.807) is 19.3 Å². The van der Waals surface area contributed by atoms with E-state index in [1.165, 1.54) is 11.8 Å². The zero-order chi connectivity index (χ0) is 19.4. The highest BCUT2D eigenvalue weighted by Crippen LogP contribution is 2.35. The quantitative estimate of drug-likeness (QED) is 0.495. The summed E-state index contributed by atoms with van der Waals surface area (Å²) in [6.07, 6.45) is 3.38. The van der Waals surface area contributed by atoms with E-state index < -0.39 is 5.97 Å². The van der Waals surface area contributed by atoms with Gasteiger partial charge >= 0.3 is 5.97 Å². The predicted octanol–water partition coefficient (Wildman–Crippen LogP) is 2.86. The van der Waals surface area contributed by atoms with Crippen LogP contribution in [0.2, 0.25) is 0 Å². The molecular weight excluding hydrogens is 384 g/mol. The Morgan fingerprint density at radius 3 is 2.81 bits per heavy atom. The smallest absolute Gasteiger partial charge is 0.348 e. The second-order valence-electron chi connectivity index (χ2n) is 5.37. The molecule has 0 amide bonds. The maximum absolute atomic E-state index is 12.2. The SMILES string of the molecule is CCOC(=O)c1sc(N)c(C#N)c1CSc1nnc(-c2ccncc2)n1C. The van der Waals surface area contributed by atoms with Crippen LogP contribution >= 0.6 is 23.1 Å². The first-order valence-corrected chi connectivity index (χ1v) is 9.78. The van der Waals surface area contributed by atoms with Crippen molar-refractivity contribution in [3.8, 4) is 17.5 Å². The monoisotopic (exact) mass is 400 g/mol. The Morgan fingerprint density at radius 1 is 1.41 bits per heavy atom. The molecule has 138 valence electrons. The van der Waals surface area contributed by atoms with Crippen molar-refractivity contribution in [1.82, 2.24) is 19.7 Å². The van der Waals surface area contributed by atoms with Gasteiger partial charge in [-0.25, -0.2) is 4.79 Å². The van der Waals surface area contributed by atoms with Crippen LogP contribution in [0.1, 0.15) is 27.7 Å². The molecule has 0 fully saturated rings. The molecule has 0 aromatic carbocycles. The molecule has 0 aliphatic heterocycles. The fourth-order valence-corrected chi connectivity index (χ4v) is 4.40. The number of nitrogens with zero attached hydrogens (tertiary/aromatic N) is 5. The molecule has 3 aromatic heterocycles. The van der Waals surface area contributed by atoms with E-state index in [-0.39, 0.29) is 6.61 Å². The van der Waals surface area contributed by atoms with Gasteiger partial charge in [0.15, 0.2) is 11.0 Å². The molecule has 0 saturated heterocycles. The molecule has 3 aromatic rings. The minimum atomic E-state index is -0.471. The number of anilines is 1. The van der Waals surface area contributed by atoms with Crippen LogP contribution < -0.4 is 5.73 Å². The van der Waals surface area contributed by atoms with Gasteiger partial charge < -0.3 is 15.0 Å². The Balaban J connectivity index is 1.87. The molecule has 0 bridgehead atoms. The molecule has 8 nitrogen and oxygen atoms in total. The van der Waals surface area contributed by atoms with E-state index in [4.69, 9.17) is 10.5 Å². The van der Waals surface area contributed by atoms with Crippen LogP contribution in [0.5, 0.6) is 0 Å². The molecule has 10 heteroatoms. The van der Waals surface area contributed by atoms with E-state index >= 15 is 0 Å². The van der Waals surface area contributed by atoms with Crippen molar-refractivity contribution in [1.29, 1.82) is 5.26 Å². The van der Waals surface area contributed by atoms with Gasteiger partial charge in [-0.15, -0.1) is 21.5 Å². The zero-order valence-electron chi connectivity index (χ0n) is 14.7. The molecule has 3 rings (SSSR count). The number of aromatic nitrogens is 4. The third kappa shape index (κ3) is 3.79. The number of thiophene rings is 1. The lowest BCUT2D eigenvalue weighted by Gasteiger charge is -2.05. The largest absolute Gasteiger partial charge is 0.462 e. The van der Waals surface area contributed by atoms with Crippen LogP contribution in [-0.4, -0.2) is 32.3 Å². The lowest BCUT2D eigenvalue weighted by atomic mass is 10.2. The Hall–Kier alpha value is -2.90. The molecule has 0 saturated carbocycles. The molecule has 0 spiro atoms. The summed E-state index contributed by atoms with van der Waals surface area (Å²) in [5.41, 5.74) is 7.68. The van der Waals surface area contributed by atoms with Crippen LogP contribution in [0.4, 0.5) is 5.00 Å². The highest BCUT2D eigenvalue weighted by atomic mass is 32.2. The molecule has 3 heterocycles. The third-order valence-corrected chi connectivity index (χ3v) is 5.81. The number of rotatable bonds is 6. The summed E-state index contributed by atoms with van der Waals surface area (Å²) in [6, 6.07) is 5.78. The number of hydrogen-bond acceptors (Lipinski definition) is 9. The van der Waals surface area contributed by atoms with Crippen LogP contribution in [0, 0.1) is 11.3 Å². The fourth-order valence-electron chi connectivity index (χ4n) is 2.44. The Bertz CT molecular complexity index is 1010. The first kappa shape index (κ1) is 18.9. The van der Waals surface area contributed by atoms with Gasteiger partial charge in [0.25, 0.3) is 0 Å². The van der Waals surface area contributed by atoms with Crippen molar-refractivity contribution in [3.05, 3.63) is 40.5 Å². The molecular formula is C17H16N6O2S2. The second kappa shape index (κ2) is 8.20. The lowest BCUT2D eigenvalue weighted by molar-refractivity contribution is 0.0531. The molecule has 0 aliphatic rings. The van der Waals surface area contributed by atoms with Crippen LogP contribution in [-0.2, 0) is 17.5 Å². The summed E-state index contributed by atoms with van der Waals surface area (Å²) in [7, 11) is 1.86. The molecule has 0 radical (unpaired) electrons. The van der Waals surface area contributed by atoms with Crippen LogP contribution in [0.15, 0.2) is 29.7 Å². The average Bonchev–Trinajstić information content (AvgIpc) is 3.20. The topological polar surface area (TPSA) is 120 Å². The Kier molecular flexibility index (Phi) is 5.73. The van der Waals surface area contributed by atoms with Crippen molar-refractivity contribution in [2.24, 2.45) is 7.05 Å². The second-order valence-corrected chi connectivity index (χ2v) is 7.37. The third-order valence-electron chi connectivity index (χ3n) is 3.73. The minimum absolute atomic E-state index is 0.254. The zero-order valence-corrected chi connectivity index (χ0v) is 16.3. The van der Waals surface area contributed by atoms with E-state index in [0.717, 1.165) is 16.9 Å². The van der Waals surface area contributed by atoms with Gasteiger partial charge in [-0.3, -0.25) is 4.98 Å². The predicted molar refractivity (Wildman–Crippen MR) is 103 cm³/mol. The van der Waals surface area contributed by atoms with Gasteiger partial charge in [-0.2, -0.15) is 5.26 Å². The van der Waals surface area contributed by atoms with E-state index in [0.29, 0.717) is 37.7 Å². The first-order chi connectivity index (χ1) is 13.1. The van der Waals surface area contributed by atoms with Gasteiger partial charge in [-0.05, 0) is 19.1 Å². The number of thioether (sulfide) groups is 1. The van der Waals surface area contributed by atoms with E-state index in [9.17, 15) is 10.1 Å². The number of nitrogen functional groups attached to an aromatic ring is 1. The minimum Gasteiger partial charge on any atom is -0.462 e. The molecule has 0 atom stereocenters. The van der Waals surface area contributed by atoms with E-state index in [2.05, 4.69) is 21.3 Å². The van der Waals surface area contributed by atoms with Crippen molar-refractivity contribution < 1.29 is 9.53 Å². The first-order valence-electron chi connectivity index (χ1n) is 7.97. The average molecular weight is 400 g/mol. The van der Waals surface area contributed by atoms with E-state index in [1.807, 2.05) is 23.7 Å². The summed E-state index contributed by atoms with van der Waals surface area (Å²) in [6.45, 7) is 1.98. The molecule has 27 heavy (non-hydrogen) atoms. The summed E-state index contributed by atoms with van der Waals surface area (Å²) in [5, 5.41) is 18.8. The highest BCUT2D eigenvalue weighted by Gasteiger charge is 2.23. The summed E-state index contributed by atoms with van der Waals surface area (Å²) >= 11 is 2.45. The van der Waals surface area contributed by atoms with Gasteiger partial charge in [0.2, 0.25) is 0 Å². The number of nitrogens with two attached hydrogens (primary N) is 1. The van der Waals surface area contributed by atoms with Crippen molar-refractivity contribution in [2.45, 2.75) is 17.8 Å². The van der Waals surface area contributed by atoms with Crippen molar-refractivity contribution >= 4 is 34.1 Å². The van der Waals surface area contributed by atoms with Gasteiger partial charge in [0.1, 0.15) is 15.9 Å². The number of carbonyl (C=O) groups is 1. The summed E-state index contributed by atoms with van der Waals surface area (Å²) in [4.78, 5) is 16.5. The number of ether oxygens (including phenoxy) is 1. The fraction of sp³-hybridized carbons (Fsp3) is 0.235. The number of hydrogen-bond donors (Lipinski definition) is 1. The maximum atomic E-state index is 12.2. The van der Waals surface area contributed by atoms with Crippen molar-refractivity contribution in [3.63, 3.8) is 0 Å². The normalized spacial score (nSPS) is 10.6. The Morgan fingerprint density at radius 2 is 2.15 bits per heavy atom. The van der Waals surface area contributed by atoms with Gasteiger partial charge in [0, 0.05) is 36.3 Å². The maximum Gasteiger partial charge on any atom is 0.348 e.